The molecule has 4 aliphatic carbocycles. The van der Waals surface area contributed by atoms with Gasteiger partial charge in [-0.3, -0.25) is 9.69 Å². The normalized spacial score (nSPS) is 26.2. The van der Waals surface area contributed by atoms with Crippen LogP contribution in [0.1, 0.15) is 114 Å². The Morgan fingerprint density at radius 2 is 1.73 bits per heavy atom. The summed E-state index contributed by atoms with van der Waals surface area (Å²) >= 11 is 0. The number of carbonyl (C=O) groups is 2. The number of ether oxygens (including phenoxy) is 1. The molecule has 2 heterocycles. The fourth-order valence-corrected chi connectivity index (χ4v) is 8.46. The maximum absolute atomic E-state index is 14.5. The lowest BCUT2D eigenvalue weighted by molar-refractivity contribution is -0.124. The number of carbonyl (C=O) groups excluding carboxylic acids is 2. The van der Waals surface area contributed by atoms with Crippen LogP contribution in [0.2, 0.25) is 0 Å². The summed E-state index contributed by atoms with van der Waals surface area (Å²) in [6.45, 7) is 8.87. The number of aromatic nitrogens is 3. The summed E-state index contributed by atoms with van der Waals surface area (Å²) in [4.78, 5) is 33.1. The van der Waals surface area contributed by atoms with E-state index in [-0.39, 0.29) is 28.4 Å². The summed E-state index contributed by atoms with van der Waals surface area (Å²) < 4.78 is 7.45. The van der Waals surface area contributed by atoms with Gasteiger partial charge in [-0.2, -0.15) is 5.10 Å². The van der Waals surface area contributed by atoms with Crippen molar-refractivity contribution in [2.75, 3.05) is 18.6 Å². The number of fused-ring (bicyclic) bond motifs is 3. The molecule has 1 amide bonds. The zero-order valence-electron chi connectivity index (χ0n) is 27.8. The maximum Gasteiger partial charge on any atom is 0.231 e. The van der Waals surface area contributed by atoms with E-state index in [0.717, 1.165) is 81.5 Å². The number of aryl methyl sites for hydroxylation is 1. The van der Waals surface area contributed by atoms with Gasteiger partial charge in [0.25, 0.3) is 0 Å². The molecule has 0 radical (unpaired) electrons. The molecule has 0 saturated heterocycles. The average Bonchev–Trinajstić information content (AvgIpc) is 3.56. The Labute approximate surface area is 268 Å². The van der Waals surface area contributed by atoms with Crippen molar-refractivity contribution in [1.29, 1.82) is 0 Å². The summed E-state index contributed by atoms with van der Waals surface area (Å²) in [5, 5.41) is 4.63. The molecule has 7 rings (SSSR count). The van der Waals surface area contributed by atoms with E-state index in [4.69, 9.17) is 9.72 Å². The Kier molecular flexibility index (Phi) is 8.91. The smallest absolute Gasteiger partial charge is 0.231 e. The largest absolute Gasteiger partial charge is 0.496 e. The standard InChI is InChI=1S/C38H50N4O3/c1-26(2)31-23-40-42(24-31)33-12-19-39-35(22-33)41(36(44)30-8-6-29(7-9-30)21-28(4)43)25-37-13-16-38(17-14-37,18-15-37)32-10-11-34(45-5)27(3)20-32/h10-12,19-20,22-24,26,29-30H,6-9,13-18,21,25H2,1-5H3. The van der Waals surface area contributed by atoms with Crippen LogP contribution in [0.25, 0.3) is 5.69 Å². The molecule has 1 aromatic carbocycles. The summed E-state index contributed by atoms with van der Waals surface area (Å²) in [5.41, 5.74) is 5.06. The minimum Gasteiger partial charge on any atom is -0.496 e. The molecule has 4 saturated carbocycles. The predicted molar refractivity (Wildman–Crippen MR) is 178 cm³/mol. The Morgan fingerprint density at radius 3 is 2.33 bits per heavy atom. The third kappa shape index (κ3) is 6.45. The van der Waals surface area contributed by atoms with Gasteiger partial charge in [0.05, 0.1) is 19.0 Å². The highest BCUT2D eigenvalue weighted by molar-refractivity contribution is 5.94. The van der Waals surface area contributed by atoms with Gasteiger partial charge < -0.3 is 9.53 Å². The van der Waals surface area contributed by atoms with Crippen molar-refractivity contribution in [3.63, 3.8) is 0 Å². The van der Waals surface area contributed by atoms with Crippen LogP contribution in [-0.4, -0.2) is 40.1 Å². The van der Waals surface area contributed by atoms with Gasteiger partial charge in [-0.1, -0.05) is 26.0 Å². The van der Waals surface area contributed by atoms with Crippen molar-refractivity contribution >= 4 is 17.5 Å². The number of methoxy groups -OCH3 is 1. The monoisotopic (exact) mass is 610 g/mol. The molecule has 7 nitrogen and oxygen atoms in total. The minimum atomic E-state index is -0.0270. The third-order valence-electron chi connectivity index (χ3n) is 11.5. The van der Waals surface area contributed by atoms with Gasteiger partial charge in [0.1, 0.15) is 17.4 Å². The molecule has 0 N–H and O–H groups in total. The number of nitrogens with zero attached hydrogens (tertiary/aromatic N) is 4. The van der Waals surface area contributed by atoms with E-state index in [0.29, 0.717) is 24.8 Å². The second kappa shape index (κ2) is 12.7. The molecule has 0 unspecified atom stereocenters. The van der Waals surface area contributed by atoms with Crippen molar-refractivity contribution < 1.29 is 14.3 Å². The molecule has 0 aliphatic heterocycles. The Morgan fingerprint density at radius 1 is 1.02 bits per heavy atom. The van der Waals surface area contributed by atoms with E-state index in [2.05, 4.69) is 50.3 Å². The highest BCUT2D eigenvalue weighted by Gasteiger charge is 2.50. The molecule has 4 aliphatic rings. The van der Waals surface area contributed by atoms with E-state index in [1.807, 2.05) is 34.1 Å². The maximum atomic E-state index is 14.5. The summed E-state index contributed by atoms with van der Waals surface area (Å²) in [6, 6.07) is 10.8. The van der Waals surface area contributed by atoms with Gasteiger partial charge >= 0.3 is 0 Å². The van der Waals surface area contributed by atoms with Crippen LogP contribution >= 0.6 is 0 Å². The minimum absolute atomic E-state index is 0.0270. The van der Waals surface area contributed by atoms with Crippen molar-refractivity contribution in [2.45, 2.75) is 110 Å². The molecule has 2 bridgehead atoms. The molecule has 7 heteroatoms. The zero-order chi connectivity index (χ0) is 31.8. The fourth-order valence-electron chi connectivity index (χ4n) is 8.46. The highest BCUT2D eigenvalue weighted by atomic mass is 16.5. The number of amides is 1. The number of benzene rings is 1. The summed E-state index contributed by atoms with van der Waals surface area (Å²) in [7, 11) is 1.74. The van der Waals surface area contributed by atoms with Gasteiger partial charge in [0, 0.05) is 37.3 Å². The number of hydrogen-bond donors (Lipinski definition) is 0. The molecule has 45 heavy (non-hydrogen) atoms. The Bertz CT molecular complexity index is 1510. The highest BCUT2D eigenvalue weighted by Crippen LogP contribution is 2.58. The first kappa shape index (κ1) is 31.5. The van der Waals surface area contributed by atoms with Crippen LogP contribution in [0.3, 0.4) is 0 Å². The molecule has 0 spiro atoms. The zero-order valence-corrected chi connectivity index (χ0v) is 27.8. The molecular weight excluding hydrogens is 560 g/mol. The lowest BCUT2D eigenvalue weighted by Crippen LogP contribution is -2.52. The first-order valence-corrected chi connectivity index (χ1v) is 17.1. The SMILES string of the molecule is COc1ccc(C23CCC(CN(C(=O)C4CCC(CC(C)=O)CC4)c4cc(-n5cc(C(C)C)cn5)ccn4)(CC2)CC3)cc1C. The van der Waals surface area contributed by atoms with Gasteiger partial charge in [0.15, 0.2) is 0 Å². The molecule has 240 valence electrons. The van der Waals surface area contributed by atoms with Gasteiger partial charge in [-0.15, -0.1) is 0 Å². The lowest BCUT2D eigenvalue weighted by atomic mass is 9.51. The Hall–Kier alpha value is -3.48. The number of hydrogen-bond acceptors (Lipinski definition) is 5. The first-order valence-electron chi connectivity index (χ1n) is 17.1. The predicted octanol–water partition coefficient (Wildman–Crippen LogP) is 8.12. The lowest BCUT2D eigenvalue weighted by Gasteiger charge is -2.55. The number of rotatable bonds is 10. The second-order valence-electron chi connectivity index (χ2n) is 14.8. The van der Waals surface area contributed by atoms with E-state index in [1.165, 1.54) is 16.7 Å². The number of ketones is 1. The van der Waals surface area contributed by atoms with Crippen LogP contribution in [0.15, 0.2) is 48.9 Å². The molecule has 3 aromatic rings. The van der Waals surface area contributed by atoms with Crippen molar-refractivity contribution in [3.8, 4) is 11.4 Å². The molecular formula is C38H50N4O3. The van der Waals surface area contributed by atoms with E-state index in [1.54, 1.807) is 14.0 Å². The van der Waals surface area contributed by atoms with Crippen LogP contribution in [0.5, 0.6) is 5.75 Å². The average molecular weight is 611 g/mol. The van der Waals surface area contributed by atoms with Crippen molar-refractivity contribution in [2.24, 2.45) is 17.3 Å². The van der Waals surface area contributed by atoms with Crippen LogP contribution in [0, 0.1) is 24.2 Å². The van der Waals surface area contributed by atoms with Crippen LogP contribution in [0.4, 0.5) is 5.82 Å². The molecule has 2 aromatic heterocycles. The quantitative estimate of drug-likeness (QED) is 0.232. The molecule has 4 fully saturated rings. The fraction of sp³-hybridized carbons (Fsp3) is 0.579. The van der Waals surface area contributed by atoms with Gasteiger partial charge in [-0.05, 0) is 130 Å². The summed E-state index contributed by atoms with van der Waals surface area (Å²) in [6.07, 6.45) is 16.8. The van der Waals surface area contributed by atoms with Crippen LogP contribution < -0.4 is 9.64 Å². The second-order valence-corrected chi connectivity index (χ2v) is 14.8. The van der Waals surface area contributed by atoms with Crippen LogP contribution in [-0.2, 0) is 15.0 Å². The van der Waals surface area contributed by atoms with Gasteiger partial charge in [0.2, 0.25) is 5.91 Å². The van der Waals surface area contributed by atoms with E-state index in [9.17, 15) is 9.59 Å². The number of anilines is 1. The topological polar surface area (TPSA) is 77.3 Å². The van der Waals surface area contributed by atoms with Crippen molar-refractivity contribution in [1.82, 2.24) is 14.8 Å². The third-order valence-corrected chi connectivity index (χ3v) is 11.5. The van der Waals surface area contributed by atoms with Crippen molar-refractivity contribution in [3.05, 3.63) is 65.6 Å². The van der Waals surface area contributed by atoms with E-state index >= 15 is 0 Å². The van der Waals surface area contributed by atoms with Gasteiger partial charge in [-0.25, -0.2) is 9.67 Å². The summed E-state index contributed by atoms with van der Waals surface area (Å²) in [5.74, 6) is 2.90. The van der Waals surface area contributed by atoms with E-state index < -0.39 is 0 Å². The number of Topliss-reactive ketones (excluding diaryl/α,β-unsaturated/α-hetero) is 1. The molecule has 0 atom stereocenters. The first-order chi connectivity index (χ1) is 21.6. The number of pyridine rings is 1. The Balaban J connectivity index is 1.25.